The van der Waals surface area contributed by atoms with E-state index in [1.807, 2.05) is 38.4 Å². The Bertz CT molecular complexity index is 678. The molecular formula is C18H20N2O. The van der Waals surface area contributed by atoms with Crippen molar-refractivity contribution in [2.45, 2.75) is 12.3 Å². The van der Waals surface area contributed by atoms with E-state index < -0.39 is 0 Å². The summed E-state index contributed by atoms with van der Waals surface area (Å²) in [6, 6.07) is 16.5. The van der Waals surface area contributed by atoms with Crippen molar-refractivity contribution in [2.24, 2.45) is 0 Å². The second-order valence-electron chi connectivity index (χ2n) is 5.74. The summed E-state index contributed by atoms with van der Waals surface area (Å²) in [6.45, 7) is 0. The number of benzene rings is 2. The summed E-state index contributed by atoms with van der Waals surface area (Å²) in [6.07, 6.45) is 0.745. The number of para-hydroxylation sites is 2. The molecule has 3 heteroatoms. The largest absolute Gasteiger partial charge is 0.348 e. The zero-order valence-corrected chi connectivity index (χ0v) is 12.7. The molecule has 0 N–H and O–H groups in total. The van der Waals surface area contributed by atoms with Gasteiger partial charge in [-0.1, -0.05) is 36.4 Å². The predicted molar refractivity (Wildman–Crippen MR) is 86.1 cm³/mol. The molecule has 0 aliphatic carbocycles. The monoisotopic (exact) mass is 280 g/mol. The fraction of sp³-hybridized carbons (Fsp3) is 0.278. The first-order chi connectivity index (χ1) is 10.1. The molecule has 1 aliphatic rings. The smallest absolute Gasteiger partial charge is 0.230 e. The molecule has 0 aromatic heterocycles. The van der Waals surface area contributed by atoms with Crippen LogP contribution in [0.25, 0.3) is 0 Å². The van der Waals surface area contributed by atoms with Gasteiger partial charge in [-0.15, -0.1) is 0 Å². The van der Waals surface area contributed by atoms with E-state index in [4.69, 9.17) is 0 Å². The Balaban J connectivity index is 2.19. The van der Waals surface area contributed by atoms with Crippen LogP contribution in [0.2, 0.25) is 0 Å². The Kier molecular flexibility index (Phi) is 3.42. The lowest BCUT2D eigenvalue weighted by Gasteiger charge is -2.23. The van der Waals surface area contributed by atoms with Crippen LogP contribution in [0.4, 0.5) is 11.4 Å². The highest BCUT2D eigenvalue weighted by molar-refractivity contribution is 5.88. The van der Waals surface area contributed by atoms with E-state index in [2.05, 4.69) is 36.2 Å². The van der Waals surface area contributed by atoms with E-state index in [-0.39, 0.29) is 11.8 Å². The van der Waals surface area contributed by atoms with E-state index in [9.17, 15) is 4.79 Å². The quantitative estimate of drug-likeness (QED) is 0.801. The minimum atomic E-state index is -0.123. The molecule has 108 valence electrons. The zero-order valence-electron chi connectivity index (χ0n) is 12.7. The fourth-order valence-electron chi connectivity index (χ4n) is 3.09. The fourth-order valence-corrected chi connectivity index (χ4v) is 3.09. The number of likely N-dealkylation sites (N-methyl/N-ethyl adjacent to an activating group) is 1. The summed E-state index contributed by atoms with van der Waals surface area (Å²) in [5.74, 6) is 0.0369. The molecular weight excluding hydrogens is 260 g/mol. The van der Waals surface area contributed by atoms with Crippen molar-refractivity contribution in [3.63, 3.8) is 0 Å². The van der Waals surface area contributed by atoms with E-state index in [1.54, 1.807) is 4.90 Å². The van der Waals surface area contributed by atoms with Gasteiger partial charge < -0.3 is 9.80 Å². The predicted octanol–water partition coefficient (Wildman–Crippen LogP) is 3.18. The van der Waals surface area contributed by atoms with Gasteiger partial charge in [-0.3, -0.25) is 4.79 Å². The summed E-state index contributed by atoms with van der Waals surface area (Å²) in [7, 11) is 5.72. The number of anilines is 2. The first kappa shape index (κ1) is 13.7. The molecule has 21 heavy (non-hydrogen) atoms. The Labute approximate surface area is 125 Å². The van der Waals surface area contributed by atoms with Gasteiger partial charge in [0.1, 0.15) is 0 Å². The third-order valence-corrected chi connectivity index (χ3v) is 4.19. The highest BCUT2D eigenvalue weighted by Gasteiger charge is 2.30. The lowest BCUT2D eigenvalue weighted by atomic mass is 9.91. The molecule has 0 fully saturated rings. The van der Waals surface area contributed by atoms with Gasteiger partial charge in [0.2, 0.25) is 5.91 Å². The van der Waals surface area contributed by atoms with Crippen LogP contribution in [-0.2, 0) is 11.2 Å². The first-order valence-corrected chi connectivity index (χ1v) is 7.21. The highest BCUT2D eigenvalue weighted by Crippen LogP contribution is 2.40. The van der Waals surface area contributed by atoms with Gasteiger partial charge in [-0.05, 0) is 29.7 Å². The van der Waals surface area contributed by atoms with Gasteiger partial charge in [-0.25, -0.2) is 0 Å². The lowest BCUT2D eigenvalue weighted by Crippen LogP contribution is -2.29. The Morgan fingerprint density at radius 3 is 2.38 bits per heavy atom. The van der Waals surface area contributed by atoms with Crippen LogP contribution >= 0.6 is 0 Å². The van der Waals surface area contributed by atoms with E-state index >= 15 is 0 Å². The average Bonchev–Trinajstić information content (AvgIpc) is 2.63. The number of carbonyl (C=O) groups is 1. The SMILES string of the molecule is CN(C)C(=O)[C@H]1Cc2ccccc2N(C)c2ccccc21. The normalized spacial score (nSPS) is 16.7. The summed E-state index contributed by atoms with van der Waals surface area (Å²) in [5, 5.41) is 0. The van der Waals surface area contributed by atoms with E-state index in [1.165, 1.54) is 11.3 Å². The summed E-state index contributed by atoms with van der Waals surface area (Å²) in [4.78, 5) is 16.5. The number of nitrogens with zero attached hydrogens (tertiary/aromatic N) is 2. The number of hydrogen-bond acceptors (Lipinski definition) is 2. The minimum Gasteiger partial charge on any atom is -0.348 e. The van der Waals surface area contributed by atoms with Crippen molar-refractivity contribution in [2.75, 3.05) is 26.0 Å². The molecule has 0 spiro atoms. The minimum absolute atomic E-state index is 0.123. The molecule has 2 aromatic rings. The van der Waals surface area contributed by atoms with E-state index in [0.29, 0.717) is 0 Å². The second-order valence-corrected chi connectivity index (χ2v) is 5.74. The van der Waals surface area contributed by atoms with Crippen LogP contribution in [0.5, 0.6) is 0 Å². The van der Waals surface area contributed by atoms with Crippen LogP contribution in [0, 0.1) is 0 Å². The maximum absolute atomic E-state index is 12.6. The number of rotatable bonds is 1. The molecule has 1 aliphatic heterocycles. The van der Waals surface area contributed by atoms with Crippen LogP contribution in [0.1, 0.15) is 17.0 Å². The molecule has 3 nitrogen and oxygen atoms in total. The van der Waals surface area contributed by atoms with Crippen LogP contribution in [0.3, 0.4) is 0 Å². The third-order valence-electron chi connectivity index (χ3n) is 4.19. The summed E-state index contributed by atoms with van der Waals surface area (Å²) in [5.41, 5.74) is 4.62. The topological polar surface area (TPSA) is 23.6 Å². The molecule has 0 bridgehead atoms. The van der Waals surface area contributed by atoms with Crippen molar-refractivity contribution in [1.82, 2.24) is 4.90 Å². The van der Waals surface area contributed by atoms with Crippen molar-refractivity contribution in [3.8, 4) is 0 Å². The molecule has 1 heterocycles. The maximum atomic E-state index is 12.6. The van der Waals surface area contributed by atoms with Crippen molar-refractivity contribution >= 4 is 17.3 Å². The maximum Gasteiger partial charge on any atom is 0.230 e. The summed E-state index contributed by atoms with van der Waals surface area (Å²) < 4.78 is 0. The molecule has 3 rings (SSSR count). The van der Waals surface area contributed by atoms with Crippen molar-refractivity contribution in [3.05, 3.63) is 59.7 Å². The Morgan fingerprint density at radius 2 is 1.67 bits per heavy atom. The van der Waals surface area contributed by atoms with Gasteiger partial charge >= 0.3 is 0 Å². The molecule has 0 saturated carbocycles. The average molecular weight is 280 g/mol. The number of amides is 1. The summed E-state index contributed by atoms with van der Waals surface area (Å²) >= 11 is 0. The molecule has 0 radical (unpaired) electrons. The Morgan fingerprint density at radius 1 is 1.05 bits per heavy atom. The first-order valence-electron chi connectivity index (χ1n) is 7.21. The van der Waals surface area contributed by atoms with E-state index in [0.717, 1.165) is 17.7 Å². The molecule has 0 unspecified atom stereocenters. The Hall–Kier alpha value is -2.29. The molecule has 1 amide bonds. The van der Waals surface area contributed by atoms with Crippen LogP contribution < -0.4 is 4.90 Å². The van der Waals surface area contributed by atoms with Crippen LogP contribution in [-0.4, -0.2) is 32.0 Å². The zero-order chi connectivity index (χ0) is 15.0. The molecule has 2 aromatic carbocycles. The van der Waals surface area contributed by atoms with Crippen LogP contribution in [0.15, 0.2) is 48.5 Å². The lowest BCUT2D eigenvalue weighted by molar-refractivity contribution is -0.130. The third kappa shape index (κ3) is 2.29. The van der Waals surface area contributed by atoms with Gasteiger partial charge in [0.25, 0.3) is 0 Å². The van der Waals surface area contributed by atoms with Gasteiger partial charge in [0, 0.05) is 32.5 Å². The number of hydrogen-bond donors (Lipinski definition) is 0. The highest BCUT2D eigenvalue weighted by atomic mass is 16.2. The number of carbonyl (C=O) groups excluding carboxylic acids is 1. The van der Waals surface area contributed by atoms with Gasteiger partial charge in [-0.2, -0.15) is 0 Å². The second kappa shape index (κ2) is 5.24. The molecule has 1 atom stereocenters. The molecule has 0 saturated heterocycles. The van der Waals surface area contributed by atoms with Gasteiger partial charge in [0.05, 0.1) is 5.92 Å². The van der Waals surface area contributed by atoms with Crippen molar-refractivity contribution < 1.29 is 4.79 Å². The van der Waals surface area contributed by atoms with Gasteiger partial charge in [0.15, 0.2) is 0 Å². The number of fused-ring (bicyclic) bond motifs is 2. The standard InChI is InChI=1S/C18H20N2O/c1-19(2)18(21)15-12-13-8-4-6-10-16(13)20(3)17-11-7-5-9-14(15)17/h4-11,15H,12H2,1-3H3/t15-/m0/s1. The van der Waals surface area contributed by atoms with Crippen molar-refractivity contribution in [1.29, 1.82) is 0 Å².